The van der Waals surface area contributed by atoms with Gasteiger partial charge in [0, 0.05) is 23.4 Å². The molecule has 2 N–H and O–H groups in total. The quantitative estimate of drug-likeness (QED) is 0.162. The van der Waals surface area contributed by atoms with Crippen LogP contribution in [-0.4, -0.2) is 37.4 Å². The summed E-state index contributed by atoms with van der Waals surface area (Å²) in [5, 5.41) is 18.2. The Bertz CT molecular complexity index is 1710. The second kappa shape index (κ2) is 12.7. The molecule has 208 valence electrons. The van der Waals surface area contributed by atoms with E-state index < -0.39 is 27.4 Å². The molecule has 0 aliphatic heterocycles. The molecular weight excluding hydrogens is 546 g/mol. The van der Waals surface area contributed by atoms with Crippen LogP contribution in [0.4, 0.5) is 17.1 Å². The van der Waals surface area contributed by atoms with Gasteiger partial charge in [0.1, 0.15) is 6.54 Å². The Morgan fingerprint density at radius 2 is 1.49 bits per heavy atom. The molecule has 4 aromatic rings. The molecule has 0 aliphatic carbocycles. The van der Waals surface area contributed by atoms with Crippen LogP contribution in [0.15, 0.2) is 119 Å². The van der Waals surface area contributed by atoms with Gasteiger partial charge in [-0.25, -0.2) is 13.8 Å². The summed E-state index contributed by atoms with van der Waals surface area (Å²) in [5.41, 5.74) is 3.97. The normalized spacial score (nSPS) is 11.4. The minimum atomic E-state index is -4.26. The van der Waals surface area contributed by atoms with E-state index in [1.165, 1.54) is 42.5 Å². The molecule has 0 heterocycles. The fourth-order valence-electron chi connectivity index (χ4n) is 3.79. The summed E-state index contributed by atoms with van der Waals surface area (Å²) < 4.78 is 27.7. The van der Waals surface area contributed by atoms with Crippen molar-refractivity contribution in [2.24, 2.45) is 5.10 Å². The molecule has 0 saturated heterocycles. The maximum Gasteiger partial charge on any atom is 0.271 e. The van der Waals surface area contributed by atoms with E-state index in [0.717, 1.165) is 10.4 Å². The SMILES string of the molecule is C/C(=N/NC(=O)CN(c1cccc([N+](=O)[O-])c1)S(=O)(=O)c1ccccc1)c1cccc(NC(=O)c2ccccc2)c1. The highest BCUT2D eigenvalue weighted by Gasteiger charge is 2.28. The van der Waals surface area contributed by atoms with E-state index in [-0.39, 0.29) is 22.2 Å². The monoisotopic (exact) mass is 571 g/mol. The van der Waals surface area contributed by atoms with Crippen molar-refractivity contribution in [2.75, 3.05) is 16.2 Å². The highest BCUT2D eigenvalue weighted by atomic mass is 32.2. The molecule has 2 amide bonds. The maximum atomic E-state index is 13.4. The molecular formula is C29H25N5O6S. The first-order valence-electron chi connectivity index (χ1n) is 12.3. The minimum absolute atomic E-state index is 0.0548. The molecule has 0 radical (unpaired) electrons. The fraction of sp³-hybridized carbons (Fsp3) is 0.0690. The van der Waals surface area contributed by atoms with Crippen molar-refractivity contribution in [3.63, 3.8) is 0 Å². The zero-order valence-corrected chi connectivity index (χ0v) is 22.6. The molecule has 0 aliphatic rings. The van der Waals surface area contributed by atoms with Crippen LogP contribution < -0.4 is 15.0 Å². The predicted octanol–water partition coefficient (Wildman–Crippen LogP) is 4.58. The third-order valence-corrected chi connectivity index (χ3v) is 7.66. The Morgan fingerprint density at radius 1 is 0.854 bits per heavy atom. The van der Waals surface area contributed by atoms with Crippen LogP contribution in [-0.2, 0) is 14.8 Å². The average molecular weight is 572 g/mol. The van der Waals surface area contributed by atoms with Crippen LogP contribution in [0.25, 0.3) is 0 Å². The second-order valence-electron chi connectivity index (χ2n) is 8.73. The van der Waals surface area contributed by atoms with Crippen molar-refractivity contribution in [1.29, 1.82) is 0 Å². The fourth-order valence-corrected chi connectivity index (χ4v) is 5.22. The third kappa shape index (κ3) is 7.19. The summed E-state index contributed by atoms with van der Waals surface area (Å²) in [4.78, 5) is 36.0. The van der Waals surface area contributed by atoms with Crippen molar-refractivity contribution in [1.82, 2.24) is 5.43 Å². The maximum absolute atomic E-state index is 13.4. The molecule has 0 aromatic heterocycles. The van der Waals surface area contributed by atoms with E-state index in [9.17, 15) is 28.1 Å². The Kier molecular flexibility index (Phi) is 8.85. The summed E-state index contributed by atoms with van der Waals surface area (Å²) in [5.74, 6) is -1.06. The van der Waals surface area contributed by atoms with E-state index in [0.29, 0.717) is 22.5 Å². The minimum Gasteiger partial charge on any atom is -0.322 e. The molecule has 0 bridgehead atoms. The molecule has 41 heavy (non-hydrogen) atoms. The average Bonchev–Trinajstić information content (AvgIpc) is 2.99. The van der Waals surface area contributed by atoms with E-state index in [1.807, 2.05) is 6.07 Å². The third-order valence-electron chi connectivity index (χ3n) is 5.87. The van der Waals surface area contributed by atoms with Crippen LogP contribution in [0, 0.1) is 10.1 Å². The number of hydrogen-bond acceptors (Lipinski definition) is 7. The number of amides is 2. The first kappa shape index (κ1) is 28.6. The van der Waals surface area contributed by atoms with Gasteiger partial charge in [0.25, 0.3) is 27.5 Å². The number of carbonyl (C=O) groups is 2. The first-order valence-corrected chi connectivity index (χ1v) is 13.7. The van der Waals surface area contributed by atoms with Gasteiger partial charge in [0.2, 0.25) is 0 Å². The van der Waals surface area contributed by atoms with Crippen LogP contribution in [0.3, 0.4) is 0 Å². The van der Waals surface area contributed by atoms with Crippen LogP contribution in [0.5, 0.6) is 0 Å². The van der Waals surface area contributed by atoms with Crippen molar-refractivity contribution in [3.8, 4) is 0 Å². The standard InChI is InChI=1S/C29H25N5O6S/c1-21(23-12-8-13-24(18-23)30-29(36)22-10-4-2-5-11-22)31-32-28(35)20-33(25-14-9-15-26(19-25)34(37)38)41(39,40)27-16-6-3-7-17-27/h2-19H,20H2,1H3,(H,30,36)(H,32,35)/b31-21-. The molecule has 0 spiro atoms. The lowest BCUT2D eigenvalue weighted by Gasteiger charge is -2.23. The summed E-state index contributed by atoms with van der Waals surface area (Å²) in [6, 6.07) is 28.0. The van der Waals surface area contributed by atoms with Gasteiger partial charge in [-0.05, 0) is 55.0 Å². The zero-order chi connectivity index (χ0) is 29.4. The van der Waals surface area contributed by atoms with E-state index in [4.69, 9.17) is 0 Å². The van der Waals surface area contributed by atoms with Crippen molar-refractivity contribution >= 4 is 44.6 Å². The Balaban J connectivity index is 1.53. The van der Waals surface area contributed by atoms with Crippen molar-refractivity contribution in [3.05, 3.63) is 130 Å². The Morgan fingerprint density at radius 3 is 2.17 bits per heavy atom. The van der Waals surface area contributed by atoms with Gasteiger partial charge in [-0.2, -0.15) is 5.10 Å². The largest absolute Gasteiger partial charge is 0.322 e. The lowest BCUT2D eigenvalue weighted by molar-refractivity contribution is -0.384. The number of non-ortho nitro benzene ring substituents is 1. The van der Waals surface area contributed by atoms with Crippen molar-refractivity contribution < 1.29 is 22.9 Å². The Labute approximate surface area is 236 Å². The Hall–Kier alpha value is -5.36. The second-order valence-corrected chi connectivity index (χ2v) is 10.6. The summed E-state index contributed by atoms with van der Waals surface area (Å²) in [6.45, 7) is 0.944. The van der Waals surface area contributed by atoms with Gasteiger partial charge >= 0.3 is 0 Å². The van der Waals surface area contributed by atoms with Gasteiger partial charge in [-0.15, -0.1) is 0 Å². The molecule has 4 aromatic carbocycles. The molecule has 0 atom stereocenters. The first-order chi connectivity index (χ1) is 19.6. The van der Waals surface area contributed by atoms with Crippen molar-refractivity contribution in [2.45, 2.75) is 11.8 Å². The number of hydrazone groups is 1. The highest BCUT2D eigenvalue weighted by molar-refractivity contribution is 7.92. The number of nitrogens with zero attached hydrogens (tertiary/aromatic N) is 3. The number of nitro groups is 1. The molecule has 0 unspecified atom stereocenters. The topological polar surface area (TPSA) is 151 Å². The molecule has 0 saturated carbocycles. The van der Waals surface area contributed by atoms with Gasteiger partial charge in [0.15, 0.2) is 0 Å². The smallest absolute Gasteiger partial charge is 0.271 e. The van der Waals surface area contributed by atoms with E-state index in [1.54, 1.807) is 61.5 Å². The van der Waals surface area contributed by atoms with Gasteiger partial charge in [0.05, 0.1) is 21.2 Å². The number of hydrogen-bond donors (Lipinski definition) is 2. The molecule has 4 rings (SSSR count). The summed E-state index contributed by atoms with van der Waals surface area (Å²) in [6.07, 6.45) is 0. The van der Waals surface area contributed by atoms with Crippen LogP contribution in [0.1, 0.15) is 22.8 Å². The molecule has 11 nitrogen and oxygen atoms in total. The number of carbonyl (C=O) groups excluding carboxylic acids is 2. The van der Waals surface area contributed by atoms with Gasteiger partial charge in [-0.1, -0.05) is 54.6 Å². The molecule has 0 fully saturated rings. The van der Waals surface area contributed by atoms with Gasteiger partial charge < -0.3 is 5.32 Å². The lowest BCUT2D eigenvalue weighted by Crippen LogP contribution is -2.39. The predicted molar refractivity (Wildman–Crippen MR) is 155 cm³/mol. The number of sulfonamides is 1. The highest BCUT2D eigenvalue weighted by Crippen LogP contribution is 2.27. The molecule has 12 heteroatoms. The number of rotatable bonds is 10. The number of nitrogens with one attached hydrogen (secondary N) is 2. The number of nitro benzene ring substituents is 1. The van der Waals surface area contributed by atoms with Crippen LogP contribution in [0.2, 0.25) is 0 Å². The zero-order valence-electron chi connectivity index (χ0n) is 21.8. The van der Waals surface area contributed by atoms with E-state index in [2.05, 4.69) is 15.8 Å². The van der Waals surface area contributed by atoms with E-state index >= 15 is 0 Å². The summed E-state index contributed by atoms with van der Waals surface area (Å²) in [7, 11) is -4.26. The number of benzene rings is 4. The van der Waals surface area contributed by atoms with Gasteiger partial charge in [-0.3, -0.25) is 24.0 Å². The lowest BCUT2D eigenvalue weighted by atomic mass is 10.1. The number of anilines is 2. The van der Waals surface area contributed by atoms with Crippen LogP contribution >= 0.6 is 0 Å². The summed E-state index contributed by atoms with van der Waals surface area (Å²) >= 11 is 0.